The van der Waals surface area contributed by atoms with Crippen molar-refractivity contribution in [1.29, 1.82) is 0 Å². The number of hydrogen-bond donors (Lipinski definition) is 2. The highest BCUT2D eigenvalue weighted by Crippen LogP contribution is 2.29. The lowest BCUT2D eigenvalue weighted by molar-refractivity contribution is -0.153. The average molecular weight is 331 g/mol. The number of nitrogens with one attached hydrogen (secondary N) is 2. The van der Waals surface area contributed by atoms with E-state index in [9.17, 15) is 13.2 Å². The minimum Gasteiger partial charge on any atom is -0.493 e. The first-order valence-electron chi connectivity index (χ1n) is 6.81. The van der Waals surface area contributed by atoms with Crippen molar-refractivity contribution < 1.29 is 22.6 Å². The van der Waals surface area contributed by atoms with Gasteiger partial charge in [0, 0.05) is 20.1 Å². The Hall–Kier alpha value is -2.38. The molecule has 8 heteroatoms. The van der Waals surface area contributed by atoms with Gasteiger partial charge >= 0.3 is 6.18 Å². The smallest absolute Gasteiger partial charge is 0.422 e. The third kappa shape index (κ3) is 6.94. The summed E-state index contributed by atoms with van der Waals surface area (Å²) in [7, 11) is 3.00. The van der Waals surface area contributed by atoms with Crippen molar-refractivity contribution in [2.45, 2.75) is 12.7 Å². The topological polar surface area (TPSA) is 54.9 Å². The third-order valence-electron chi connectivity index (χ3n) is 2.72. The predicted octanol–water partition coefficient (Wildman–Crippen LogP) is 2.49. The van der Waals surface area contributed by atoms with Crippen LogP contribution in [0.25, 0.3) is 0 Å². The monoisotopic (exact) mass is 331 g/mol. The van der Waals surface area contributed by atoms with Crippen LogP contribution in [0.1, 0.15) is 5.56 Å². The number of aliphatic imine (C=N–C) groups is 1. The maximum Gasteiger partial charge on any atom is 0.422 e. The van der Waals surface area contributed by atoms with Gasteiger partial charge in [0.15, 0.2) is 24.1 Å². The number of rotatable bonds is 7. The van der Waals surface area contributed by atoms with Crippen molar-refractivity contribution in [2.75, 3.05) is 27.3 Å². The van der Waals surface area contributed by atoms with Gasteiger partial charge in [-0.25, -0.2) is 0 Å². The highest BCUT2D eigenvalue weighted by atomic mass is 19.4. The van der Waals surface area contributed by atoms with Crippen LogP contribution in [-0.4, -0.2) is 39.4 Å². The van der Waals surface area contributed by atoms with Crippen LogP contribution < -0.4 is 20.1 Å². The van der Waals surface area contributed by atoms with Crippen LogP contribution in [0, 0.1) is 0 Å². The molecule has 0 aromatic heterocycles. The van der Waals surface area contributed by atoms with E-state index in [0.717, 1.165) is 5.56 Å². The third-order valence-corrected chi connectivity index (χ3v) is 2.72. The van der Waals surface area contributed by atoms with E-state index in [4.69, 9.17) is 9.47 Å². The summed E-state index contributed by atoms with van der Waals surface area (Å²) in [4.78, 5) is 4.02. The number of ether oxygens (including phenoxy) is 2. The van der Waals surface area contributed by atoms with E-state index < -0.39 is 12.8 Å². The Balaban J connectivity index is 2.69. The fourth-order valence-electron chi connectivity index (χ4n) is 1.68. The summed E-state index contributed by atoms with van der Waals surface area (Å²) in [5, 5.41) is 6.07. The Morgan fingerprint density at radius 3 is 2.61 bits per heavy atom. The summed E-state index contributed by atoms with van der Waals surface area (Å²) in [6.07, 6.45) is -2.70. The standard InChI is InChI=1S/C15H20F3N3O2/c1-4-7-20-14(19-2)21-9-11-5-6-12(13(8-11)22-3)23-10-15(16,17)18/h4-6,8H,1,7,9-10H2,2-3H3,(H2,19,20,21). The molecule has 0 aliphatic heterocycles. The molecule has 0 saturated carbocycles. The summed E-state index contributed by atoms with van der Waals surface area (Å²) < 4.78 is 46.4. The summed E-state index contributed by atoms with van der Waals surface area (Å²) in [5.41, 5.74) is 0.808. The molecule has 0 atom stereocenters. The van der Waals surface area contributed by atoms with Gasteiger partial charge in [-0.05, 0) is 17.7 Å². The van der Waals surface area contributed by atoms with Crippen molar-refractivity contribution in [1.82, 2.24) is 10.6 Å². The number of methoxy groups -OCH3 is 1. The Bertz CT molecular complexity index is 545. The molecule has 0 radical (unpaired) electrons. The van der Waals surface area contributed by atoms with Crippen molar-refractivity contribution in [3.05, 3.63) is 36.4 Å². The van der Waals surface area contributed by atoms with Crippen molar-refractivity contribution in [3.63, 3.8) is 0 Å². The average Bonchev–Trinajstić information content (AvgIpc) is 2.52. The first-order valence-corrected chi connectivity index (χ1v) is 6.81. The largest absolute Gasteiger partial charge is 0.493 e. The first-order chi connectivity index (χ1) is 10.9. The summed E-state index contributed by atoms with van der Waals surface area (Å²) in [5.74, 6) is 0.867. The number of guanidine groups is 1. The molecule has 1 aromatic rings. The van der Waals surface area contributed by atoms with Gasteiger partial charge in [0.2, 0.25) is 0 Å². The second kappa shape index (κ2) is 8.92. The van der Waals surface area contributed by atoms with Crippen molar-refractivity contribution in [2.24, 2.45) is 4.99 Å². The Kier molecular flexibility index (Phi) is 7.24. The normalized spacial score (nSPS) is 11.8. The van der Waals surface area contributed by atoms with Gasteiger partial charge < -0.3 is 20.1 Å². The van der Waals surface area contributed by atoms with E-state index in [1.54, 1.807) is 25.3 Å². The molecular weight excluding hydrogens is 311 g/mol. The van der Waals surface area contributed by atoms with E-state index in [2.05, 4.69) is 22.2 Å². The maximum absolute atomic E-state index is 12.2. The van der Waals surface area contributed by atoms with Gasteiger partial charge in [0.1, 0.15) is 0 Å². The van der Waals surface area contributed by atoms with Crippen molar-refractivity contribution in [3.8, 4) is 11.5 Å². The molecule has 23 heavy (non-hydrogen) atoms. The second-order valence-corrected chi connectivity index (χ2v) is 4.48. The zero-order chi connectivity index (χ0) is 17.3. The van der Waals surface area contributed by atoms with Crippen LogP contribution in [0.15, 0.2) is 35.8 Å². The molecule has 0 amide bonds. The number of nitrogens with zero attached hydrogens (tertiary/aromatic N) is 1. The Morgan fingerprint density at radius 2 is 2.04 bits per heavy atom. The Labute approximate surface area is 133 Å². The summed E-state index contributed by atoms with van der Waals surface area (Å²) in [6, 6.07) is 4.71. The molecule has 0 spiro atoms. The van der Waals surface area contributed by atoms with E-state index in [1.165, 1.54) is 13.2 Å². The lowest BCUT2D eigenvalue weighted by Gasteiger charge is -2.14. The van der Waals surface area contributed by atoms with Crippen LogP contribution >= 0.6 is 0 Å². The van der Waals surface area contributed by atoms with E-state index in [1.807, 2.05) is 0 Å². The van der Waals surface area contributed by atoms with Crippen LogP contribution in [-0.2, 0) is 6.54 Å². The number of alkyl halides is 3. The molecule has 0 aliphatic carbocycles. The molecule has 2 N–H and O–H groups in total. The zero-order valence-corrected chi connectivity index (χ0v) is 13.0. The maximum atomic E-state index is 12.2. The molecule has 0 aliphatic rings. The first kappa shape index (κ1) is 18.7. The van der Waals surface area contributed by atoms with Crippen LogP contribution in [0.2, 0.25) is 0 Å². The van der Waals surface area contributed by atoms with E-state index in [0.29, 0.717) is 19.0 Å². The summed E-state index contributed by atoms with van der Waals surface area (Å²) >= 11 is 0. The van der Waals surface area contributed by atoms with Gasteiger partial charge in [-0.2, -0.15) is 13.2 Å². The molecule has 128 valence electrons. The van der Waals surface area contributed by atoms with Crippen LogP contribution in [0.3, 0.4) is 0 Å². The van der Waals surface area contributed by atoms with Gasteiger partial charge in [-0.3, -0.25) is 4.99 Å². The zero-order valence-electron chi connectivity index (χ0n) is 13.0. The minimum atomic E-state index is -4.39. The van der Waals surface area contributed by atoms with Crippen LogP contribution in [0.4, 0.5) is 13.2 Å². The molecule has 0 saturated heterocycles. The Morgan fingerprint density at radius 1 is 1.30 bits per heavy atom. The SMILES string of the molecule is C=CCNC(=NC)NCc1ccc(OCC(F)(F)F)c(OC)c1. The molecule has 0 heterocycles. The number of hydrogen-bond acceptors (Lipinski definition) is 3. The number of benzene rings is 1. The molecule has 0 bridgehead atoms. The second-order valence-electron chi connectivity index (χ2n) is 4.48. The van der Waals surface area contributed by atoms with Crippen LogP contribution in [0.5, 0.6) is 11.5 Å². The highest BCUT2D eigenvalue weighted by Gasteiger charge is 2.29. The lowest BCUT2D eigenvalue weighted by atomic mass is 10.2. The predicted molar refractivity (Wildman–Crippen MR) is 82.9 cm³/mol. The quantitative estimate of drug-likeness (QED) is 0.458. The fraction of sp³-hybridized carbons (Fsp3) is 0.400. The summed E-state index contributed by atoms with van der Waals surface area (Å²) in [6.45, 7) is 3.22. The van der Waals surface area contributed by atoms with E-state index in [-0.39, 0.29) is 11.5 Å². The molecule has 0 fully saturated rings. The fourth-order valence-corrected chi connectivity index (χ4v) is 1.68. The van der Waals surface area contributed by atoms with Crippen molar-refractivity contribution >= 4 is 5.96 Å². The molecule has 1 rings (SSSR count). The number of halogens is 3. The van der Waals surface area contributed by atoms with Gasteiger partial charge in [-0.15, -0.1) is 6.58 Å². The van der Waals surface area contributed by atoms with E-state index >= 15 is 0 Å². The van der Waals surface area contributed by atoms with Gasteiger partial charge in [0.05, 0.1) is 7.11 Å². The highest BCUT2D eigenvalue weighted by molar-refractivity contribution is 5.79. The lowest BCUT2D eigenvalue weighted by Crippen LogP contribution is -2.36. The molecule has 1 aromatic carbocycles. The molecule has 0 unspecified atom stereocenters. The van der Waals surface area contributed by atoms with Gasteiger partial charge in [-0.1, -0.05) is 12.1 Å². The molecule has 5 nitrogen and oxygen atoms in total. The minimum absolute atomic E-state index is 0.0442. The molecular formula is C15H20F3N3O2. The van der Waals surface area contributed by atoms with Gasteiger partial charge in [0.25, 0.3) is 0 Å².